The second kappa shape index (κ2) is 7.56. The smallest absolute Gasteiger partial charge is 0.308 e. The van der Waals surface area contributed by atoms with Crippen LogP contribution < -0.4 is 5.32 Å². The highest BCUT2D eigenvalue weighted by atomic mass is 16.4. The molecule has 0 saturated carbocycles. The minimum Gasteiger partial charge on any atom is -0.481 e. The number of benzene rings is 1. The maximum absolute atomic E-state index is 12.1. The average molecular weight is 263 g/mol. The summed E-state index contributed by atoms with van der Waals surface area (Å²) in [4.78, 5) is 23.1. The van der Waals surface area contributed by atoms with Gasteiger partial charge in [0.15, 0.2) is 0 Å². The zero-order valence-electron chi connectivity index (χ0n) is 11.5. The third kappa shape index (κ3) is 4.39. The molecule has 0 bridgehead atoms. The van der Waals surface area contributed by atoms with Gasteiger partial charge >= 0.3 is 5.97 Å². The van der Waals surface area contributed by atoms with Crippen molar-refractivity contribution in [1.29, 1.82) is 0 Å². The van der Waals surface area contributed by atoms with Crippen molar-refractivity contribution in [3.05, 3.63) is 35.4 Å². The van der Waals surface area contributed by atoms with Gasteiger partial charge in [0.1, 0.15) is 0 Å². The van der Waals surface area contributed by atoms with E-state index in [2.05, 4.69) is 5.32 Å². The Morgan fingerprint density at radius 1 is 1.26 bits per heavy atom. The molecule has 0 spiro atoms. The van der Waals surface area contributed by atoms with Crippen LogP contribution in [0.25, 0.3) is 0 Å². The second-order valence-electron chi connectivity index (χ2n) is 4.54. The van der Waals surface area contributed by atoms with Crippen molar-refractivity contribution in [2.45, 2.75) is 33.1 Å². The number of carbonyl (C=O) groups is 2. The number of amides is 1. The van der Waals surface area contributed by atoms with Crippen molar-refractivity contribution in [3.63, 3.8) is 0 Å². The van der Waals surface area contributed by atoms with E-state index in [4.69, 9.17) is 5.11 Å². The number of aryl methyl sites for hydroxylation is 1. The first kappa shape index (κ1) is 15.2. The Hall–Kier alpha value is -1.84. The van der Waals surface area contributed by atoms with Gasteiger partial charge in [0.2, 0.25) is 0 Å². The van der Waals surface area contributed by atoms with Gasteiger partial charge in [-0.15, -0.1) is 0 Å². The van der Waals surface area contributed by atoms with Crippen molar-refractivity contribution in [2.75, 3.05) is 6.54 Å². The molecule has 0 fully saturated rings. The Morgan fingerprint density at radius 3 is 2.53 bits per heavy atom. The van der Waals surface area contributed by atoms with E-state index in [0.29, 0.717) is 12.0 Å². The predicted molar refractivity (Wildman–Crippen MR) is 74.2 cm³/mol. The van der Waals surface area contributed by atoms with E-state index in [1.807, 2.05) is 32.0 Å². The molecule has 1 atom stereocenters. The molecule has 1 aromatic rings. The monoisotopic (exact) mass is 263 g/mol. The first-order valence-electron chi connectivity index (χ1n) is 6.69. The number of hydrogen-bond acceptors (Lipinski definition) is 2. The van der Waals surface area contributed by atoms with Gasteiger partial charge in [-0.05, 0) is 24.5 Å². The quantitative estimate of drug-likeness (QED) is 0.794. The Labute approximate surface area is 113 Å². The summed E-state index contributed by atoms with van der Waals surface area (Å²) in [5.74, 6) is -1.56. The Kier molecular flexibility index (Phi) is 6.06. The highest BCUT2D eigenvalue weighted by molar-refractivity contribution is 5.95. The number of carboxylic acid groups (broad SMARTS) is 1. The largest absolute Gasteiger partial charge is 0.481 e. The van der Waals surface area contributed by atoms with Crippen LogP contribution in [0.2, 0.25) is 0 Å². The zero-order chi connectivity index (χ0) is 14.3. The fourth-order valence-corrected chi connectivity index (χ4v) is 2.02. The molecule has 0 aromatic heterocycles. The molecule has 2 N–H and O–H groups in total. The van der Waals surface area contributed by atoms with Gasteiger partial charge in [0, 0.05) is 12.1 Å². The lowest BCUT2D eigenvalue weighted by Crippen LogP contribution is -2.33. The van der Waals surface area contributed by atoms with E-state index in [1.54, 1.807) is 6.07 Å². The first-order valence-corrected chi connectivity index (χ1v) is 6.69. The highest BCUT2D eigenvalue weighted by Gasteiger charge is 2.18. The summed E-state index contributed by atoms with van der Waals surface area (Å²) in [7, 11) is 0. The normalized spacial score (nSPS) is 11.9. The van der Waals surface area contributed by atoms with Crippen LogP contribution in [-0.4, -0.2) is 23.5 Å². The van der Waals surface area contributed by atoms with Crippen molar-refractivity contribution in [1.82, 2.24) is 5.32 Å². The van der Waals surface area contributed by atoms with E-state index in [9.17, 15) is 9.59 Å². The minimum atomic E-state index is -0.856. The van der Waals surface area contributed by atoms with Crippen molar-refractivity contribution >= 4 is 11.9 Å². The molecule has 0 aliphatic carbocycles. The summed E-state index contributed by atoms with van der Waals surface area (Å²) in [5, 5.41) is 11.8. The van der Waals surface area contributed by atoms with Gasteiger partial charge in [-0.3, -0.25) is 9.59 Å². The summed E-state index contributed by atoms with van der Waals surface area (Å²) in [6.07, 6.45) is 2.14. The molecule has 0 heterocycles. The lowest BCUT2D eigenvalue weighted by molar-refractivity contribution is -0.141. The second-order valence-corrected chi connectivity index (χ2v) is 4.54. The molecule has 0 aliphatic heterocycles. The van der Waals surface area contributed by atoms with Gasteiger partial charge in [-0.25, -0.2) is 0 Å². The van der Waals surface area contributed by atoms with Crippen molar-refractivity contribution in [3.8, 4) is 0 Å². The molecule has 0 aliphatic rings. The van der Waals surface area contributed by atoms with E-state index < -0.39 is 11.9 Å². The third-order valence-corrected chi connectivity index (χ3v) is 3.14. The maximum Gasteiger partial charge on any atom is 0.308 e. The van der Waals surface area contributed by atoms with Crippen molar-refractivity contribution in [2.24, 2.45) is 5.92 Å². The molecule has 4 heteroatoms. The van der Waals surface area contributed by atoms with Crippen LogP contribution in [0, 0.1) is 5.92 Å². The lowest BCUT2D eigenvalue weighted by Gasteiger charge is -2.13. The van der Waals surface area contributed by atoms with E-state index in [1.165, 1.54) is 0 Å². The van der Waals surface area contributed by atoms with Crippen LogP contribution in [0.5, 0.6) is 0 Å². The average Bonchev–Trinajstić information content (AvgIpc) is 2.42. The maximum atomic E-state index is 12.1. The highest BCUT2D eigenvalue weighted by Crippen LogP contribution is 2.10. The van der Waals surface area contributed by atoms with Gasteiger partial charge < -0.3 is 10.4 Å². The number of aliphatic carboxylic acids is 1. The molecule has 1 unspecified atom stereocenters. The van der Waals surface area contributed by atoms with Crippen LogP contribution >= 0.6 is 0 Å². The summed E-state index contributed by atoms with van der Waals surface area (Å²) in [6, 6.07) is 7.39. The van der Waals surface area contributed by atoms with Gasteiger partial charge in [-0.2, -0.15) is 0 Å². The van der Waals surface area contributed by atoms with Gasteiger partial charge in [-0.1, -0.05) is 38.5 Å². The first-order chi connectivity index (χ1) is 9.10. The van der Waals surface area contributed by atoms with Crippen molar-refractivity contribution < 1.29 is 14.7 Å². The summed E-state index contributed by atoms with van der Waals surface area (Å²) in [6.45, 7) is 4.10. The molecule has 1 amide bonds. The summed E-state index contributed by atoms with van der Waals surface area (Å²) in [5.41, 5.74) is 1.60. The molecule has 1 rings (SSSR count). The fraction of sp³-hybridized carbons (Fsp3) is 0.467. The number of nitrogens with one attached hydrogen (secondary N) is 1. The van der Waals surface area contributed by atoms with Crippen LogP contribution in [0.1, 0.15) is 42.6 Å². The lowest BCUT2D eigenvalue weighted by atomic mass is 10.0. The molecule has 0 saturated heterocycles. The third-order valence-electron chi connectivity index (χ3n) is 3.14. The number of carboxylic acids is 1. The van der Waals surface area contributed by atoms with Gasteiger partial charge in [0.05, 0.1) is 5.92 Å². The Bertz CT molecular complexity index is 443. The van der Waals surface area contributed by atoms with Crippen LogP contribution in [0.3, 0.4) is 0 Å². The number of rotatable bonds is 7. The SMILES string of the molecule is CCCC(CNC(=O)c1ccccc1CC)C(=O)O. The van der Waals surface area contributed by atoms with E-state index in [-0.39, 0.29) is 12.5 Å². The molecular formula is C15H21NO3. The Balaban J connectivity index is 2.66. The standard InChI is InChI=1S/C15H21NO3/c1-3-7-12(15(18)19)10-16-14(17)13-9-6-5-8-11(13)4-2/h5-6,8-9,12H,3-4,7,10H2,1-2H3,(H,16,17)(H,18,19). The van der Waals surface area contributed by atoms with Crippen LogP contribution in [-0.2, 0) is 11.2 Å². The van der Waals surface area contributed by atoms with Crippen LogP contribution in [0.4, 0.5) is 0 Å². The summed E-state index contributed by atoms with van der Waals surface area (Å²) >= 11 is 0. The minimum absolute atomic E-state index is 0.181. The molecule has 0 radical (unpaired) electrons. The van der Waals surface area contributed by atoms with Crippen LogP contribution in [0.15, 0.2) is 24.3 Å². The Morgan fingerprint density at radius 2 is 1.95 bits per heavy atom. The predicted octanol–water partition coefficient (Wildman–Crippen LogP) is 2.48. The molecule has 4 nitrogen and oxygen atoms in total. The van der Waals surface area contributed by atoms with E-state index in [0.717, 1.165) is 18.4 Å². The number of carbonyl (C=O) groups excluding carboxylic acids is 1. The van der Waals surface area contributed by atoms with Gasteiger partial charge in [0.25, 0.3) is 5.91 Å². The molecule has 1 aromatic carbocycles. The zero-order valence-corrected chi connectivity index (χ0v) is 11.5. The topological polar surface area (TPSA) is 66.4 Å². The molecule has 19 heavy (non-hydrogen) atoms. The van der Waals surface area contributed by atoms with E-state index >= 15 is 0 Å². The molecular weight excluding hydrogens is 242 g/mol. The number of hydrogen-bond donors (Lipinski definition) is 2. The fourth-order valence-electron chi connectivity index (χ4n) is 2.02. The summed E-state index contributed by atoms with van der Waals surface area (Å²) < 4.78 is 0. The molecule has 104 valence electrons.